The largest absolute Gasteiger partial charge is 0.497 e. The second kappa shape index (κ2) is 13.9. The van der Waals surface area contributed by atoms with Crippen LogP contribution in [0.15, 0.2) is 85.1 Å². The van der Waals surface area contributed by atoms with Crippen molar-refractivity contribution in [3.63, 3.8) is 0 Å². The Bertz CT molecular complexity index is 1020. The standard InChI is InChI=1S/C30H34O4/c1-3-4-5-6-7-8-9-10-23-33-28-17-15-25(16-18-28)24-11-13-26(14-12-24)30(31)34-29-21-19-27(32-2)20-22-29/h10-23H,3-9H2,1-2H3. The van der Waals surface area contributed by atoms with Gasteiger partial charge in [0, 0.05) is 0 Å². The Labute approximate surface area is 203 Å². The van der Waals surface area contributed by atoms with E-state index >= 15 is 0 Å². The predicted molar refractivity (Wildman–Crippen MR) is 138 cm³/mol. The third kappa shape index (κ3) is 8.11. The molecule has 3 aromatic rings. The number of ether oxygens (including phenoxy) is 3. The van der Waals surface area contributed by atoms with E-state index in [0.717, 1.165) is 23.3 Å². The summed E-state index contributed by atoms with van der Waals surface area (Å²) in [5.41, 5.74) is 2.57. The van der Waals surface area contributed by atoms with Gasteiger partial charge >= 0.3 is 5.97 Å². The smallest absolute Gasteiger partial charge is 0.343 e. The molecule has 3 rings (SSSR count). The van der Waals surface area contributed by atoms with Gasteiger partial charge in [-0.3, -0.25) is 0 Å². The molecule has 0 radical (unpaired) electrons. The Balaban J connectivity index is 1.46. The molecule has 0 aliphatic rings. The van der Waals surface area contributed by atoms with Gasteiger partial charge in [0.05, 0.1) is 18.9 Å². The molecule has 0 aromatic heterocycles. The van der Waals surface area contributed by atoms with E-state index in [-0.39, 0.29) is 0 Å². The Morgan fingerprint density at radius 3 is 1.91 bits per heavy atom. The first kappa shape index (κ1) is 25.1. The Hall–Kier alpha value is -3.53. The van der Waals surface area contributed by atoms with E-state index in [2.05, 4.69) is 13.0 Å². The second-order valence-corrected chi connectivity index (χ2v) is 8.21. The van der Waals surface area contributed by atoms with Crippen molar-refractivity contribution in [1.82, 2.24) is 0 Å². The monoisotopic (exact) mass is 458 g/mol. The minimum absolute atomic E-state index is 0.395. The third-order valence-corrected chi connectivity index (χ3v) is 5.60. The summed E-state index contributed by atoms with van der Waals surface area (Å²) in [6, 6.07) is 22.2. The van der Waals surface area contributed by atoms with Gasteiger partial charge in [0.15, 0.2) is 0 Å². The Morgan fingerprint density at radius 1 is 0.706 bits per heavy atom. The first-order valence-electron chi connectivity index (χ1n) is 12.1. The van der Waals surface area contributed by atoms with Crippen molar-refractivity contribution in [3.05, 3.63) is 90.7 Å². The fourth-order valence-corrected chi connectivity index (χ4v) is 3.57. The topological polar surface area (TPSA) is 44.8 Å². The van der Waals surface area contributed by atoms with Gasteiger partial charge in [-0.25, -0.2) is 4.79 Å². The van der Waals surface area contributed by atoms with Crippen LogP contribution in [0.1, 0.15) is 62.2 Å². The molecule has 0 fully saturated rings. The fraction of sp³-hybridized carbons (Fsp3) is 0.300. The number of carbonyl (C=O) groups is 1. The molecule has 0 aliphatic carbocycles. The quantitative estimate of drug-likeness (QED) is 0.112. The molecule has 0 N–H and O–H groups in total. The number of methoxy groups -OCH3 is 1. The number of rotatable bonds is 13. The molecule has 4 nitrogen and oxygen atoms in total. The van der Waals surface area contributed by atoms with Gasteiger partial charge in [0.2, 0.25) is 0 Å². The Kier molecular flexibility index (Phi) is 10.3. The van der Waals surface area contributed by atoms with Crippen LogP contribution in [0.4, 0.5) is 0 Å². The van der Waals surface area contributed by atoms with E-state index in [1.165, 1.54) is 38.5 Å². The average Bonchev–Trinajstić information content (AvgIpc) is 2.88. The van der Waals surface area contributed by atoms with E-state index in [1.54, 1.807) is 49.8 Å². The number of hydrogen-bond donors (Lipinski definition) is 0. The molecule has 0 aliphatic heterocycles. The molecular formula is C30H34O4. The number of unbranched alkanes of at least 4 members (excludes halogenated alkanes) is 6. The van der Waals surface area contributed by atoms with E-state index in [4.69, 9.17) is 14.2 Å². The summed E-state index contributed by atoms with van der Waals surface area (Å²) in [6.45, 7) is 2.24. The van der Waals surface area contributed by atoms with Crippen molar-refractivity contribution < 1.29 is 19.0 Å². The molecule has 0 saturated heterocycles. The van der Waals surface area contributed by atoms with Crippen molar-refractivity contribution in [2.45, 2.75) is 51.9 Å². The highest BCUT2D eigenvalue weighted by Crippen LogP contribution is 2.24. The number of esters is 1. The van der Waals surface area contributed by atoms with Gasteiger partial charge in [-0.15, -0.1) is 0 Å². The lowest BCUT2D eigenvalue weighted by atomic mass is 10.0. The van der Waals surface area contributed by atoms with Crippen LogP contribution in [-0.2, 0) is 0 Å². The molecule has 34 heavy (non-hydrogen) atoms. The summed E-state index contributed by atoms with van der Waals surface area (Å²) in [5.74, 6) is 1.60. The predicted octanol–water partition coefficient (Wildman–Crippen LogP) is 8.22. The van der Waals surface area contributed by atoms with E-state index < -0.39 is 5.97 Å². The highest BCUT2D eigenvalue weighted by molar-refractivity contribution is 5.91. The molecule has 0 atom stereocenters. The fourth-order valence-electron chi connectivity index (χ4n) is 3.57. The van der Waals surface area contributed by atoms with Gasteiger partial charge in [-0.05, 0) is 78.6 Å². The first-order chi connectivity index (χ1) is 16.7. The van der Waals surface area contributed by atoms with E-state index in [9.17, 15) is 4.79 Å². The maximum atomic E-state index is 12.4. The minimum Gasteiger partial charge on any atom is -0.497 e. The number of benzene rings is 3. The van der Waals surface area contributed by atoms with Crippen molar-refractivity contribution in [2.75, 3.05) is 7.11 Å². The van der Waals surface area contributed by atoms with Crippen LogP contribution in [0.5, 0.6) is 17.2 Å². The molecule has 0 spiro atoms. The zero-order valence-electron chi connectivity index (χ0n) is 20.2. The van der Waals surface area contributed by atoms with Crippen LogP contribution in [-0.4, -0.2) is 13.1 Å². The molecule has 0 bridgehead atoms. The summed E-state index contributed by atoms with van der Waals surface area (Å²) in [6.07, 6.45) is 12.7. The van der Waals surface area contributed by atoms with Crippen LogP contribution in [0.25, 0.3) is 11.1 Å². The third-order valence-electron chi connectivity index (χ3n) is 5.60. The summed E-state index contributed by atoms with van der Waals surface area (Å²) >= 11 is 0. The first-order valence-corrected chi connectivity index (χ1v) is 12.1. The van der Waals surface area contributed by atoms with Crippen molar-refractivity contribution in [2.24, 2.45) is 0 Å². The second-order valence-electron chi connectivity index (χ2n) is 8.21. The van der Waals surface area contributed by atoms with Gasteiger partial charge in [0.1, 0.15) is 17.2 Å². The van der Waals surface area contributed by atoms with Gasteiger partial charge in [-0.1, -0.05) is 63.3 Å². The zero-order valence-corrected chi connectivity index (χ0v) is 20.2. The lowest BCUT2D eigenvalue weighted by Gasteiger charge is -2.07. The molecule has 0 unspecified atom stereocenters. The van der Waals surface area contributed by atoms with Gasteiger partial charge in [0.25, 0.3) is 0 Å². The van der Waals surface area contributed by atoms with Crippen LogP contribution in [0.2, 0.25) is 0 Å². The Morgan fingerprint density at radius 2 is 1.26 bits per heavy atom. The van der Waals surface area contributed by atoms with Crippen LogP contribution < -0.4 is 14.2 Å². The van der Waals surface area contributed by atoms with Crippen LogP contribution in [0, 0.1) is 0 Å². The minimum atomic E-state index is -0.395. The molecule has 0 amide bonds. The zero-order chi connectivity index (χ0) is 24.0. The van der Waals surface area contributed by atoms with Crippen molar-refractivity contribution in [3.8, 4) is 28.4 Å². The molecular weight excluding hydrogens is 424 g/mol. The number of carbonyl (C=O) groups excluding carboxylic acids is 1. The highest BCUT2D eigenvalue weighted by atomic mass is 16.5. The summed E-state index contributed by atoms with van der Waals surface area (Å²) in [4.78, 5) is 12.4. The SMILES string of the molecule is CCCCCCCCC=COc1ccc(-c2ccc(C(=O)Oc3ccc(OC)cc3)cc2)cc1. The lowest BCUT2D eigenvalue weighted by Crippen LogP contribution is -2.08. The van der Waals surface area contributed by atoms with E-state index in [1.807, 2.05) is 36.4 Å². The highest BCUT2D eigenvalue weighted by Gasteiger charge is 2.09. The average molecular weight is 459 g/mol. The van der Waals surface area contributed by atoms with E-state index in [0.29, 0.717) is 17.1 Å². The maximum Gasteiger partial charge on any atom is 0.343 e. The van der Waals surface area contributed by atoms with Crippen LogP contribution >= 0.6 is 0 Å². The van der Waals surface area contributed by atoms with Crippen molar-refractivity contribution in [1.29, 1.82) is 0 Å². The lowest BCUT2D eigenvalue weighted by molar-refractivity contribution is 0.0734. The van der Waals surface area contributed by atoms with Crippen LogP contribution in [0.3, 0.4) is 0 Å². The number of hydrogen-bond acceptors (Lipinski definition) is 4. The molecule has 0 saturated carbocycles. The van der Waals surface area contributed by atoms with Gasteiger partial charge < -0.3 is 14.2 Å². The maximum absolute atomic E-state index is 12.4. The molecule has 0 heterocycles. The molecule has 3 aromatic carbocycles. The van der Waals surface area contributed by atoms with Crippen molar-refractivity contribution >= 4 is 5.97 Å². The summed E-state index contributed by atoms with van der Waals surface area (Å²) in [5, 5.41) is 0. The summed E-state index contributed by atoms with van der Waals surface area (Å²) < 4.78 is 16.3. The van der Waals surface area contributed by atoms with Gasteiger partial charge in [-0.2, -0.15) is 0 Å². The molecule has 178 valence electrons. The normalized spacial score (nSPS) is 10.9. The summed E-state index contributed by atoms with van der Waals surface area (Å²) in [7, 11) is 1.60. The molecule has 4 heteroatoms. The number of allylic oxidation sites excluding steroid dienone is 1.